The minimum absolute atomic E-state index is 0.112. The number of amidine groups is 1. The van der Waals surface area contributed by atoms with Gasteiger partial charge in [-0.15, -0.1) is 5.10 Å². The number of hydrogen-bond acceptors (Lipinski definition) is 5. The first-order chi connectivity index (χ1) is 11.2. The third-order valence-electron chi connectivity index (χ3n) is 3.67. The maximum absolute atomic E-state index is 12.0. The molecular weight excluding hydrogens is 312 g/mol. The van der Waals surface area contributed by atoms with Crippen LogP contribution in [0.4, 0.5) is 5.69 Å². The molecule has 1 aromatic rings. The fourth-order valence-electron chi connectivity index (χ4n) is 2.49. The lowest BCUT2D eigenvalue weighted by molar-refractivity contribution is -0.122. The van der Waals surface area contributed by atoms with Crippen molar-refractivity contribution in [3.63, 3.8) is 0 Å². The predicted octanol–water partition coefficient (Wildman–Crippen LogP) is 2.53. The number of carbonyl (C=O) groups excluding carboxylic acids is 2. The van der Waals surface area contributed by atoms with Crippen molar-refractivity contribution in [3.05, 3.63) is 30.3 Å². The molecular formula is C16H18N4O2S. The molecule has 2 amide bonds. The average molecular weight is 330 g/mol. The van der Waals surface area contributed by atoms with Crippen molar-refractivity contribution >= 4 is 40.1 Å². The van der Waals surface area contributed by atoms with Crippen LogP contribution in [0.2, 0.25) is 0 Å². The van der Waals surface area contributed by atoms with Crippen molar-refractivity contribution in [1.82, 2.24) is 5.32 Å². The number of nitrogens with one attached hydrogen (secondary N) is 2. The third kappa shape index (κ3) is 4.41. The topological polar surface area (TPSA) is 82.9 Å². The van der Waals surface area contributed by atoms with Crippen molar-refractivity contribution in [2.75, 3.05) is 5.32 Å². The molecule has 0 radical (unpaired) electrons. The number of para-hydroxylation sites is 1. The summed E-state index contributed by atoms with van der Waals surface area (Å²) in [5.74, 6) is -0.379. The monoisotopic (exact) mass is 330 g/mol. The van der Waals surface area contributed by atoms with Gasteiger partial charge in [0, 0.05) is 17.8 Å². The van der Waals surface area contributed by atoms with E-state index in [1.54, 1.807) is 0 Å². The van der Waals surface area contributed by atoms with E-state index >= 15 is 0 Å². The van der Waals surface area contributed by atoms with E-state index < -0.39 is 5.25 Å². The van der Waals surface area contributed by atoms with Gasteiger partial charge < -0.3 is 10.6 Å². The molecule has 3 rings (SSSR count). The Balaban J connectivity index is 1.54. The average Bonchev–Trinajstić information content (AvgIpc) is 3.17. The zero-order chi connectivity index (χ0) is 16.1. The summed E-state index contributed by atoms with van der Waals surface area (Å²) in [6, 6.07) is 9.19. The molecule has 23 heavy (non-hydrogen) atoms. The van der Waals surface area contributed by atoms with Crippen molar-refractivity contribution in [1.29, 1.82) is 0 Å². The molecule has 0 unspecified atom stereocenters. The van der Waals surface area contributed by atoms with Gasteiger partial charge in [0.2, 0.25) is 11.8 Å². The quantitative estimate of drug-likeness (QED) is 0.832. The van der Waals surface area contributed by atoms with Gasteiger partial charge in [-0.3, -0.25) is 9.59 Å². The van der Waals surface area contributed by atoms with Crippen molar-refractivity contribution < 1.29 is 9.59 Å². The maximum atomic E-state index is 12.0. The van der Waals surface area contributed by atoms with Crippen LogP contribution in [0.15, 0.2) is 40.5 Å². The zero-order valence-electron chi connectivity index (χ0n) is 12.6. The second-order valence-electron chi connectivity index (χ2n) is 5.49. The molecule has 2 fully saturated rings. The first-order valence-electron chi connectivity index (χ1n) is 7.66. The minimum Gasteiger partial charge on any atom is -0.326 e. The summed E-state index contributed by atoms with van der Waals surface area (Å²) in [6.07, 6.45) is 4.40. The van der Waals surface area contributed by atoms with E-state index in [1.165, 1.54) is 11.8 Å². The summed E-state index contributed by atoms with van der Waals surface area (Å²) in [5, 5.41) is 13.8. The van der Waals surface area contributed by atoms with Crippen LogP contribution in [0.3, 0.4) is 0 Å². The Morgan fingerprint density at radius 3 is 2.70 bits per heavy atom. The summed E-state index contributed by atoms with van der Waals surface area (Å²) in [7, 11) is 0. The lowest BCUT2D eigenvalue weighted by atomic mass is 10.2. The molecule has 120 valence electrons. The highest BCUT2D eigenvalue weighted by molar-refractivity contribution is 8.15. The molecule has 1 atom stereocenters. The van der Waals surface area contributed by atoms with Crippen LogP contribution < -0.4 is 10.6 Å². The Labute approximate surface area is 138 Å². The second-order valence-corrected chi connectivity index (χ2v) is 6.68. The van der Waals surface area contributed by atoms with Gasteiger partial charge in [-0.05, 0) is 37.8 Å². The number of benzene rings is 1. The van der Waals surface area contributed by atoms with Crippen LogP contribution in [-0.2, 0) is 9.59 Å². The molecule has 0 spiro atoms. The molecule has 1 saturated carbocycles. The Hall–Kier alpha value is -2.15. The highest BCUT2D eigenvalue weighted by Crippen LogP contribution is 2.23. The van der Waals surface area contributed by atoms with Crippen molar-refractivity contribution in [2.45, 2.75) is 37.4 Å². The Morgan fingerprint density at radius 2 is 1.96 bits per heavy atom. The van der Waals surface area contributed by atoms with Crippen LogP contribution in [0.1, 0.15) is 32.1 Å². The van der Waals surface area contributed by atoms with E-state index in [-0.39, 0.29) is 18.2 Å². The molecule has 1 aliphatic heterocycles. The van der Waals surface area contributed by atoms with E-state index in [1.807, 2.05) is 30.3 Å². The van der Waals surface area contributed by atoms with Gasteiger partial charge in [0.25, 0.3) is 0 Å². The summed E-state index contributed by atoms with van der Waals surface area (Å²) < 4.78 is 0. The fourth-order valence-corrected chi connectivity index (χ4v) is 3.41. The molecule has 1 heterocycles. The fraction of sp³-hybridized carbons (Fsp3) is 0.375. The molecule has 1 saturated heterocycles. The van der Waals surface area contributed by atoms with E-state index in [0.29, 0.717) is 5.17 Å². The molecule has 0 bridgehead atoms. The smallest absolute Gasteiger partial charge is 0.240 e. The van der Waals surface area contributed by atoms with Crippen molar-refractivity contribution in [3.8, 4) is 0 Å². The van der Waals surface area contributed by atoms with E-state index in [0.717, 1.165) is 37.1 Å². The molecule has 1 aromatic carbocycles. The maximum Gasteiger partial charge on any atom is 0.240 e. The van der Waals surface area contributed by atoms with Gasteiger partial charge in [-0.25, -0.2) is 0 Å². The Bertz CT molecular complexity index is 649. The van der Waals surface area contributed by atoms with Crippen LogP contribution in [0.25, 0.3) is 0 Å². The van der Waals surface area contributed by atoms with Gasteiger partial charge in [-0.1, -0.05) is 30.0 Å². The predicted molar refractivity (Wildman–Crippen MR) is 92.5 cm³/mol. The van der Waals surface area contributed by atoms with Crippen LogP contribution in [0.5, 0.6) is 0 Å². The highest BCUT2D eigenvalue weighted by Gasteiger charge is 2.32. The summed E-state index contributed by atoms with van der Waals surface area (Å²) in [4.78, 5) is 23.9. The Kier molecular flexibility index (Phi) is 5.07. The summed E-state index contributed by atoms with van der Waals surface area (Å²) >= 11 is 1.26. The molecule has 6 nitrogen and oxygen atoms in total. The van der Waals surface area contributed by atoms with Gasteiger partial charge in [0.15, 0.2) is 5.17 Å². The number of nitrogens with zero attached hydrogens (tertiary/aromatic N) is 2. The van der Waals surface area contributed by atoms with Crippen LogP contribution >= 0.6 is 11.8 Å². The molecule has 7 heteroatoms. The second kappa shape index (κ2) is 7.41. The Morgan fingerprint density at radius 1 is 1.22 bits per heavy atom. The number of thioether (sulfide) groups is 1. The largest absolute Gasteiger partial charge is 0.326 e. The molecule has 2 aliphatic rings. The third-order valence-corrected chi connectivity index (χ3v) is 4.74. The first kappa shape index (κ1) is 15.7. The number of carbonyl (C=O) groups is 2. The zero-order valence-corrected chi connectivity index (χ0v) is 13.4. The van der Waals surface area contributed by atoms with E-state index in [9.17, 15) is 9.59 Å². The molecule has 1 aliphatic carbocycles. The van der Waals surface area contributed by atoms with Crippen LogP contribution in [0, 0.1) is 0 Å². The summed E-state index contributed by atoms with van der Waals surface area (Å²) in [5.41, 5.74) is 1.81. The standard InChI is InChI=1S/C16H18N4O2S/c21-14(17-11-6-2-1-3-7-11)10-13-15(22)18-16(23-13)20-19-12-8-4-5-9-12/h1-3,6-7,13H,4-5,8-10H2,(H,17,21)(H,18,20,22)/t13-/m0/s1. The summed E-state index contributed by atoms with van der Waals surface area (Å²) in [6.45, 7) is 0. The molecule has 2 N–H and O–H groups in total. The highest BCUT2D eigenvalue weighted by atomic mass is 32.2. The first-order valence-corrected chi connectivity index (χ1v) is 8.54. The van der Waals surface area contributed by atoms with Gasteiger partial charge in [0.1, 0.15) is 5.25 Å². The van der Waals surface area contributed by atoms with Gasteiger partial charge in [0.05, 0.1) is 0 Å². The van der Waals surface area contributed by atoms with Crippen LogP contribution in [-0.4, -0.2) is 27.9 Å². The number of hydrogen-bond donors (Lipinski definition) is 2. The van der Waals surface area contributed by atoms with Crippen molar-refractivity contribution in [2.24, 2.45) is 10.2 Å². The SMILES string of the molecule is O=C(C[C@@H]1S/C(=N/N=C2CCCC2)NC1=O)Nc1ccccc1. The molecule has 0 aromatic heterocycles. The minimum atomic E-state index is -0.457. The number of anilines is 1. The van der Waals surface area contributed by atoms with E-state index in [2.05, 4.69) is 20.8 Å². The van der Waals surface area contributed by atoms with Gasteiger partial charge in [-0.2, -0.15) is 5.10 Å². The lowest BCUT2D eigenvalue weighted by Crippen LogP contribution is -2.28. The lowest BCUT2D eigenvalue weighted by Gasteiger charge is -2.06. The number of amides is 2. The van der Waals surface area contributed by atoms with E-state index in [4.69, 9.17) is 0 Å². The van der Waals surface area contributed by atoms with Gasteiger partial charge >= 0.3 is 0 Å². The number of rotatable bonds is 4. The normalized spacial score (nSPS) is 22.3.